The van der Waals surface area contributed by atoms with Crippen molar-refractivity contribution in [3.63, 3.8) is 0 Å². The van der Waals surface area contributed by atoms with Crippen molar-refractivity contribution in [1.82, 2.24) is 9.38 Å². The summed E-state index contributed by atoms with van der Waals surface area (Å²) in [4.78, 5) is 17.9. The molecule has 0 N–H and O–H groups in total. The summed E-state index contributed by atoms with van der Waals surface area (Å²) in [6.07, 6.45) is 7.03. The van der Waals surface area contributed by atoms with E-state index in [4.69, 9.17) is 11.2 Å². The molecule has 0 spiro atoms. The van der Waals surface area contributed by atoms with Gasteiger partial charge in [-0.1, -0.05) is 41.5 Å². The van der Waals surface area contributed by atoms with Crippen LogP contribution in [0.3, 0.4) is 0 Å². The van der Waals surface area contributed by atoms with E-state index in [0.717, 1.165) is 16.6 Å². The topological polar surface area (TPSA) is 43.6 Å². The van der Waals surface area contributed by atoms with E-state index < -0.39 is 0 Å². The molecule has 2 heterocycles. The van der Waals surface area contributed by atoms with Gasteiger partial charge in [0.1, 0.15) is 12.4 Å². The molecular weight excluding hydrogens is 320 g/mol. The van der Waals surface area contributed by atoms with Gasteiger partial charge in [-0.05, 0) is 35.9 Å². The molecule has 0 aliphatic rings. The van der Waals surface area contributed by atoms with Crippen LogP contribution in [0.25, 0.3) is 22.1 Å². The Morgan fingerprint density at radius 3 is 2.79 bits per heavy atom. The van der Waals surface area contributed by atoms with E-state index in [1.165, 1.54) is 11.3 Å². The van der Waals surface area contributed by atoms with E-state index in [9.17, 15) is 4.79 Å². The summed E-state index contributed by atoms with van der Waals surface area (Å²) in [6, 6.07) is 15.1. The number of thiazole rings is 1. The van der Waals surface area contributed by atoms with E-state index in [1.807, 2.05) is 54.6 Å². The van der Waals surface area contributed by atoms with Crippen molar-refractivity contribution in [2.75, 3.05) is 6.61 Å². The molecule has 0 unspecified atom stereocenters. The maximum absolute atomic E-state index is 12.7. The summed E-state index contributed by atoms with van der Waals surface area (Å²) in [5.41, 5.74) is 2.55. The SMILES string of the molecule is C#CCOc1ccc(C=c2sc3nc4ccccc4n3c2=O)cc1. The van der Waals surface area contributed by atoms with Crippen LogP contribution in [0.4, 0.5) is 0 Å². The fraction of sp³-hybridized carbons (Fsp3) is 0.0526. The molecule has 0 aliphatic carbocycles. The largest absolute Gasteiger partial charge is 0.481 e. The van der Waals surface area contributed by atoms with E-state index in [1.54, 1.807) is 4.40 Å². The molecule has 4 rings (SSSR count). The molecular formula is C19H12N2O2S. The second-order valence-electron chi connectivity index (χ2n) is 5.20. The fourth-order valence-corrected chi connectivity index (χ4v) is 3.54. The van der Waals surface area contributed by atoms with Gasteiger partial charge in [0.25, 0.3) is 5.56 Å². The molecule has 0 atom stereocenters. The van der Waals surface area contributed by atoms with E-state index in [0.29, 0.717) is 15.2 Å². The predicted octanol–water partition coefficient (Wildman–Crippen LogP) is 2.47. The number of rotatable bonds is 3. The van der Waals surface area contributed by atoms with Crippen molar-refractivity contribution in [2.45, 2.75) is 0 Å². The highest BCUT2D eigenvalue weighted by atomic mass is 32.1. The molecule has 24 heavy (non-hydrogen) atoms. The minimum atomic E-state index is -0.0450. The maximum atomic E-state index is 12.7. The molecule has 4 aromatic rings. The van der Waals surface area contributed by atoms with Crippen LogP contribution < -0.4 is 14.8 Å². The molecule has 4 nitrogen and oxygen atoms in total. The number of terminal acetylenes is 1. The molecule has 2 aromatic carbocycles. The van der Waals surface area contributed by atoms with Gasteiger partial charge >= 0.3 is 0 Å². The van der Waals surface area contributed by atoms with Crippen molar-refractivity contribution in [2.24, 2.45) is 0 Å². The molecule has 5 heteroatoms. The lowest BCUT2D eigenvalue weighted by molar-refractivity contribution is 0.370. The van der Waals surface area contributed by atoms with Gasteiger partial charge in [-0.2, -0.15) is 0 Å². The zero-order valence-corrected chi connectivity index (χ0v) is 13.4. The number of nitrogens with zero attached hydrogens (tertiary/aromatic N) is 2. The number of benzene rings is 2. The molecule has 0 bridgehead atoms. The molecule has 116 valence electrons. The van der Waals surface area contributed by atoms with Crippen LogP contribution in [0.15, 0.2) is 53.3 Å². The predicted molar refractivity (Wildman–Crippen MR) is 96.4 cm³/mol. The summed E-state index contributed by atoms with van der Waals surface area (Å²) >= 11 is 1.39. The Kier molecular flexibility index (Phi) is 3.52. The van der Waals surface area contributed by atoms with Crippen LogP contribution in [0, 0.1) is 12.3 Å². The first-order valence-electron chi connectivity index (χ1n) is 7.34. The highest BCUT2D eigenvalue weighted by Crippen LogP contribution is 2.16. The third-order valence-electron chi connectivity index (χ3n) is 3.65. The normalized spacial score (nSPS) is 11.9. The van der Waals surface area contributed by atoms with Gasteiger partial charge in [0.15, 0.2) is 4.96 Å². The van der Waals surface area contributed by atoms with Crippen LogP contribution in [0.1, 0.15) is 5.56 Å². The maximum Gasteiger partial charge on any atom is 0.274 e. The van der Waals surface area contributed by atoms with Crippen LogP contribution >= 0.6 is 11.3 Å². The molecule has 0 radical (unpaired) electrons. The fourth-order valence-electron chi connectivity index (χ4n) is 2.55. The lowest BCUT2D eigenvalue weighted by Gasteiger charge is -2.01. The van der Waals surface area contributed by atoms with Gasteiger partial charge < -0.3 is 4.74 Å². The van der Waals surface area contributed by atoms with Crippen molar-refractivity contribution < 1.29 is 4.74 Å². The molecule has 0 saturated carbocycles. The Hall–Kier alpha value is -3.10. The Labute approximate surface area is 141 Å². The number of hydrogen-bond acceptors (Lipinski definition) is 4. The summed E-state index contributed by atoms with van der Waals surface area (Å²) < 4.78 is 7.66. The van der Waals surface area contributed by atoms with Crippen molar-refractivity contribution in [3.05, 3.63) is 69.0 Å². The average Bonchev–Trinajstić information content (AvgIpc) is 3.11. The third kappa shape index (κ3) is 2.43. The smallest absolute Gasteiger partial charge is 0.274 e. The monoisotopic (exact) mass is 332 g/mol. The number of hydrogen-bond donors (Lipinski definition) is 0. The number of aromatic nitrogens is 2. The van der Waals surface area contributed by atoms with Gasteiger partial charge in [-0.25, -0.2) is 9.38 Å². The molecule has 2 aromatic heterocycles. The summed E-state index contributed by atoms with van der Waals surface area (Å²) in [5, 5.41) is 0. The quantitative estimate of drug-likeness (QED) is 0.541. The van der Waals surface area contributed by atoms with Crippen LogP contribution in [0.2, 0.25) is 0 Å². The lowest BCUT2D eigenvalue weighted by atomic mass is 10.2. The van der Waals surface area contributed by atoms with Crippen LogP contribution in [-0.4, -0.2) is 16.0 Å². The first kappa shape index (κ1) is 14.5. The number of para-hydroxylation sites is 2. The number of fused-ring (bicyclic) bond motifs is 3. The Balaban J connectivity index is 1.79. The molecule has 0 amide bonds. The zero-order valence-electron chi connectivity index (χ0n) is 12.6. The van der Waals surface area contributed by atoms with Gasteiger partial charge in [0.2, 0.25) is 0 Å². The van der Waals surface area contributed by atoms with E-state index in [-0.39, 0.29) is 12.2 Å². The lowest BCUT2D eigenvalue weighted by Crippen LogP contribution is -2.22. The highest BCUT2D eigenvalue weighted by molar-refractivity contribution is 7.15. The van der Waals surface area contributed by atoms with Gasteiger partial charge in [-0.3, -0.25) is 4.79 Å². The summed E-state index contributed by atoms with van der Waals surface area (Å²) in [7, 11) is 0. The number of ether oxygens (including phenoxy) is 1. The standard InChI is InChI=1S/C19H12N2O2S/c1-2-11-23-14-9-7-13(8-10-14)12-17-18(22)21-16-6-4-3-5-15(16)20-19(21)24-17/h1,3-10,12H,11H2. The van der Waals surface area contributed by atoms with Crippen LogP contribution in [-0.2, 0) is 0 Å². The van der Waals surface area contributed by atoms with E-state index >= 15 is 0 Å². The molecule has 0 fully saturated rings. The Morgan fingerprint density at radius 1 is 1.21 bits per heavy atom. The summed E-state index contributed by atoms with van der Waals surface area (Å²) in [6.45, 7) is 0.239. The van der Waals surface area contributed by atoms with Gasteiger partial charge in [0, 0.05) is 0 Å². The Morgan fingerprint density at radius 2 is 2.00 bits per heavy atom. The first-order chi connectivity index (χ1) is 11.8. The molecule has 0 saturated heterocycles. The van der Waals surface area contributed by atoms with Gasteiger partial charge in [0.05, 0.1) is 15.6 Å². The number of imidazole rings is 1. The van der Waals surface area contributed by atoms with Crippen molar-refractivity contribution in [1.29, 1.82) is 0 Å². The minimum Gasteiger partial charge on any atom is -0.481 e. The molecule has 0 aliphatic heterocycles. The zero-order chi connectivity index (χ0) is 16.5. The van der Waals surface area contributed by atoms with Crippen LogP contribution in [0.5, 0.6) is 5.75 Å². The van der Waals surface area contributed by atoms with Crippen molar-refractivity contribution in [3.8, 4) is 18.1 Å². The second-order valence-corrected chi connectivity index (χ2v) is 6.21. The second kappa shape index (κ2) is 5.84. The van der Waals surface area contributed by atoms with Crippen molar-refractivity contribution >= 4 is 33.4 Å². The minimum absolute atomic E-state index is 0.0450. The van der Waals surface area contributed by atoms with E-state index in [2.05, 4.69) is 10.9 Å². The third-order valence-corrected chi connectivity index (χ3v) is 4.61. The summed E-state index contributed by atoms with van der Waals surface area (Å²) in [5.74, 6) is 3.13. The van der Waals surface area contributed by atoms with Gasteiger partial charge in [-0.15, -0.1) is 6.42 Å². The Bertz CT molecular complexity index is 1180. The first-order valence-corrected chi connectivity index (χ1v) is 8.16. The average molecular weight is 332 g/mol. The highest BCUT2D eigenvalue weighted by Gasteiger charge is 2.10.